The van der Waals surface area contributed by atoms with E-state index in [1.165, 1.54) is 64.2 Å². The van der Waals surface area contributed by atoms with Crippen LogP contribution >= 0.6 is 0 Å². The summed E-state index contributed by atoms with van der Waals surface area (Å²) in [4.78, 5) is 0. The fourth-order valence-corrected chi connectivity index (χ4v) is 2.69. The van der Waals surface area contributed by atoms with Crippen molar-refractivity contribution in [2.45, 2.75) is 70.3 Å². The van der Waals surface area contributed by atoms with Gasteiger partial charge in [0.05, 0.1) is 12.7 Å². The predicted molar refractivity (Wildman–Crippen MR) is 58.8 cm³/mol. The molecule has 0 bridgehead atoms. The molecule has 0 atom stereocenters. The molecule has 2 aliphatic rings. The molecule has 2 aliphatic carbocycles. The lowest BCUT2D eigenvalue weighted by Gasteiger charge is -2.26. The van der Waals surface area contributed by atoms with Gasteiger partial charge in [-0.05, 0) is 31.6 Å². The van der Waals surface area contributed by atoms with E-state index in [0.717, 1.165) is 5.92 Å². The van der Waals surface area contributed by atoms with E-state index in [0.29, 0.717) is 6.10 Å². The maximum atomic E-state index is 5.90. The van der Waals surface area contributed by atoms with Crippen LogP contribution in [0.15, 0.2) is 0 Å². The molecular weight excluding hydrogens is 172 g/mol. The van der Waals surface area contributed by atoms with E-state index in [9.17, 15) is 0 Å². The number of rotatable bonds is 3. The van der Waals surface area contributed by atoms with Crippen LogP contribution in [-0.2, 0) is 4.74 Å². The van der Waals surface area contributed by atoms with Crippen molar-refractivity contribution in [3.63, 3.8) is 0 Å². The summed E-state index contributed by atoms with van der Waals surface area (Å²) in [6.07, 6.45) is 14.3. The lowest BCUT2D eigenvalue weighted by molar-refractivity contribution is 0.0488. The summed E-state index contributed by atoms with van der Waals surface area (Å²) < 4.78 is 5.90. The van der Waals surface area contributed by atoms with Crippen LogP contribution in [0.2, 0.25) is 0 Å². The van der Waals surface area contributed by atoms with Crippen LogP contribution in [0, 0.1) is 12.5 Å². The molecule has 0 unspecified atom stereocenters. The van der Waals surface area contributed by atoms with E-state index in [4.69, 9.17) is 4.74 Å². The van der Waals surface area contributed by atoms with Crippen LogP contribution < -0.4 is 0 Å². The molecule has 0 aromatic carbocycles. The smallest absolute Gasteiger partial charge is 0.0871 e. The predicted octanol–water partition coefficient (Wildman–Crippen LogP) is 4.08. The lowest BCUT2D eigenvalue weighted by atomic mass is 9.90. The first-order valence-corrected chi connectivity index (χ1v) is 6.44. The van der Waals surface area contributed by atoms with Crippen LogP contribution in [0.3, 0.4) is 0 Å². The Balaban J connectivity index is 1.60. The van der Waals surface area contributed by atoms with Crippen LogP contribution in [0.25, 0.3) is 0 Å². The minimum Gasteiger partial charge on any atom is -0.372 e. The van der Waals surface area contributed by atoms with Crippen molar-refractivity contribution in [3.8, 4) is 0 Å². The van der Waals surface area contributed by atoms with Gasteiger partial charge in [0.25, 0.3) is 0 Å². The highest BCUT2D eigenvalue weighted by molar-refractivity contribution is 4.75. The van der Waals surface area contributed by atoms with Gasteiger partial charge in [0.15, 0.2) is 0 Å². The van der Waals surface area contributed by atoms with Crippen molar-refractivity contribution < 1.29 is 4.74 Å². The van der Waals surface area contributed by atoms with Crippen molar-refractivity contribution in [2.24, 2.45) is 5.92 Å². The maximum Gasteiger partial charge on any atom is 0.0871 e. The highest BCUT2D eigenvalue weighted by atomic mass is 16.5. The zero-order chi connectivity index (χ0) is 9.64. The monoisotopic (exact) mass is 195 g/mol. The summed E-state index contributed by atoms with van der Waals surface area (Å²) in [6, 6.07) is 0. The van der Waals surface area contributed by atoms with Crippen molar-refractivity contribution >= 4 is 0 Å². The topological polar surface area (TPSA) is 9.23 Å². The normalized spacial score (nSPS) is 26.6. The molecule has 0 amide bonds. The van der Waals surface area contributed by atoms with E-state index in [2.05, 4.69) is 6.61 Å². The number of hydrogen-bond donors (Lipinski definition) is 0. The molecular formula is C13H23O. The Hall–Kier alpha value is -0.0400. The summed E-state index contributed by atoms with van der Waals surface area (Å²) in [5.41, 5.74) is 0. The van der Waals surface area contributed by atoms with Crippen molar-refractivity contribution in [3.05, 3.63) is 6.61 Å². The quantitative estimate of drug-likeness (QED) is 0.659. The third-order valence-corrected chi connectivity index (χ3v) is 3.67. The zero-order valence-corrected chi connectivity index (χ0v) is 9.21. The number of ether oxygens (including phenoxy) is 1. The highest BCUT2D eigenvalue weighted by Crippen LogP contribution is 2.28. The standard InChI is InChI=1S/C13H23O/c1-3-7-12(8-4-1)11-14-13-9-5-2-6-10-13/h11-13H,1-10H2. The Bertz CT molecular complexity index is 125. The molecule has 0 saturated heterocycles. The van der Waals surface area contributed by atoms with Crippen LogP contribution in [-0.4, -0.2) is 6.10 Å². The third-order valence-electron chi connectivity index (χ3n) is 3.67. The molecule has 0 aromatic heterocycles. The summed E-state index contributed by atoms with van der Waals surface area (Å²) in [7, 11) is 0. The minimum absolute atomic E-state index is 0.561. The summed E-state index contributed by atoms with van der Waals surface area (Å²) in [5, 5.41) is 0. The van der Waals surface area contributed by atoms with Crippen LogP contribution in [0.1, 0.15) is 64.2 Å². The third kappa shape index (κ3) is 3.27. The molecule has 0 aliphatic heterocycles. The molecule has 2 saturated carbocycles. The second kappa shape index (κ2) is 5.75. The molecule has 1 radical (unpaired) electrons. The molecule has 0 spiro atoms. The van der Waals surface area contributed by atoms with Gasteiger partial charge >= 0.3 is 0 Å². The van der Waals surface area contributed by atoms with Crippen LogP contribution in [0.5, 0.6) is 0 Å². The van der Waals surface area contributed by atoms with Gasteiger partial charge in [0, 0.05) is 0 Å². The van der Waals surface area contributed by atoms with E-state index in [-0.39, 0.29) is 0 Å². The summed E-state index contributed by atoms with van der Waals surface area (Å²) in [6.45, 7) is 2.18. The summed E-state index contributed by atoms with van der Waals surface area (Å²) in [5.74, 6) is 0.769. The van der Waals surface area contributed by atoms with Gasteiger partial charge in [-0.3, -0.25) is 0 Å². The summed E-state index contributed by atoms with van der Waals surface area (Å²) >= 11 is 0. The minimum atomic E-state index is 0.561. The van der Waals surface area contributed by atoms with Gasteiger partial charge in [-0.15, -0.1) is 0 Å². The SMILES string of the molecule is [CH](OC1CCCCC1)C1CCCCC1. The molecule has 14 heavy (non-hydrogen) atoms. The Labute approximate surface area is 88.2 Å². The van der Waals surface area contributed by atoms with Gasteiger partial charge < -0.3 is 4.74 Å². The maximum absolute atomic E-state index is 5.90. The largest absolute Gasteiger partial charge is 0.372 e. The first-order chi connectivity index (χ1) is 6.95. The Morgan fingerprint density at radius 3 is 1.93 bits per heavy atom. The van der Waals surface area contributed by atoms with Crippen LogP contribution in [0.4, 0.5) is 0 Å². The molecule has 0 aromatic rings. The zero-order valence-electron chi connectivity index (χ0n) is 9.21. The van der Waals surface area contributed by atoms with E-state index >= 15 is 0 Å². The molecule has 1 heteroatoms. The molecule has 0 heterocycles. The molecule has 2 rings (SSSR count). The fraction of sp³-hybridized carbons (Fsp3) is 0.923. The van der Waals surface area contributed by atoms with Gasteiger partial charge in [-0.1, -0.05) is 38.5 Å². The molecule has 0 N–H and O–H groups in total. The average molecular weight is 195 g/mol. The molecule has 81 valence electrons. The van der Waals surface area contributed by atoms with Gasteiger partial charge in [0.2, 0.25) is 0 Å². The fourth-order valence-electron chi connectivity index (χ4n) is 2.69. The Morgan fingerprint density at radius 1 is 0.714 bits per heavy atom. The van der Waals surface area contributed by atoms with E-state index in [1.807, 2.05) is 0 Å². The first kappa shape index (κ1) is 10.5. The van der Waals surface area contributed by atoms with Crippen molar-refractivity contribution in [1.29, 1.82) is 0 Å². The first-order valence-electron chi connectivity index (χ1n) is 6.44. The molecule has 1 nitrogen and oxygen atoms in total. The Kier molecular flexibility index (Phi) is 4.30. The van der Waals surface area contributed by atoms with E-state index in [1.54, 1.807) is 0 Å². The van der Waals surface area contributed by atoms with Gasteiger partial charge in [-0.25, -0.2) is 0 Å². The highest BCUT2D eigenvalue weighted by Gasteiger charge is 2.18. The second-order valence-electron chi connectivity index (χ2n) is 4.93. The lowest BCUT2D eigenvalue weighted by Crippen LogP contribution is -2.18. The van der Waals surface area contributed by atoms with Gasteiger partial charge in [0.1, 0.15) is 0 Å². The second-order valence-corrected chi connectivity index (χ2v) is 4.93. The van der Waals surface area contributed by atoms with Crippen molar-refractivity contribution in [2.75, 3.05) is 0 Å². The van der Waals surface area contributed by atoms with Gasteiger partial charge in [-0.2, -0.15) is 0 Å². The number of hydrogen-bond acceptors (Lipinski definition) is 1. The van der Waals surface area contributed by atoms with E-state index < -0.39 is 0 Å². The average Bonchev–Trinajstić information content (AvgIpc) is 2.29. The Morgan fingerprint density at radius 2 is 1.29 bits per heavy atom. The van der Waals surface area contributed by atoms with Crippen molar-refractivity contribution in [1.82, 2.24) is 0 Å². The molecule has 2 fully saturated rings.